The standard InChI is InChI=1S/C18H16N4O2S/c23-17(11-19-18-20-14-6-2-4-8-16(14)25-18)22-21-13-9-10-24-15-7-3-1-5-12(13)15/h1-8H,9-11H2,(H,19,20)(H,22,23). The fourth-order valence-corrected chi connectivity index (χ4v) is 3.47. The van der Waals surface area contributed by atoms with Crippen LogP contribution in [0.5, 0.6) is 5.75 Å². The normalized spacial score (nSPS) is 14.8. The van der Waals surface area contributed by atoms with Crippen molar-refractivity contribution in [2.45, 2.75) is 6.42 Å². The van der Waals surface area contributed by atoms with Gasteiger partial charge in [-0.1, -0.05) is 35.6 Å². The van der Waals surface area contributed by atoms with E-state index in [0.717, 1.165) is 32.4 Å². The Balaban J connectivity index is 1.38. The van der Waals surface area contributed by atoms with Gasteiger partial charge >= 0.3 is 0 Å². The second-order valence-electron chi connectivity index (χ2n) is 5.53. The molecule has 1 aliphatic heterocycles. The molecular weight excluding hydrogens is 336 g/mol. The van der Waals surface area contributed by atoms with Crippen molar-refractivity contribution in [2.75, 3.05) is 18.5 Å². The number of ether oxygens (including phenoxy) is 1. The van der Waals surface area contributed by atoms with Crippen molar-refractivity contribution in [1.82, 2.24) is 10.4 Å². The first kappa shape index (κ1) is 15.6. The van der Waals surface area contributed by atoms with E-state index in [2.05, 4.69) is 20.8 Å². The minimum Gasteiger partial charge on any atom is -0.492 e. The number of nitrogens with one attached hydrogen (secondary N) is 2. The van der Waals surface area contributed by atoms with Crippen LogP contribution in [0.15, 0.2) is 53.6 Å². The molecule has 3 aromatic rings. The number of amides is 1. The molecule has 0 fully saturated rings. The van der Waals surface area contributed by atoms with Crippen molar-refractivity contribution in [3.63, 3.8) is 0 Å². The van der Waals surface area contributed by atoms with E-state index in [4.69, 9.17) is 4.74 Å². The number of hydrogen-bond acceptors (Lipinski definition) is 6. The molecule has 0 saturated carbocycles. The molecule has 126 valence electrons. The van der Waals surface area contributed by atoms with E-state index in [9.17, 15) is 4.79 Å². The summed E-state index contributed by atoms with van der Waals surface area (Å²) in [6.45, 7) is 0.685. The highest BCUT2D eigenvalue weighted by Gasteiger charge is 2.16. The van der Waals surface area contributed by atoms with Crippen LogP contribution in [0.1, 0.15) is 12.0 Å². The van der Waals surface area contributed by atoms with E-state index in [-0.39, 0.29) is 12.5 Å². The van der Waals surface area contributed by atoms with Gasteiger partial charge in [0.2, 0.25) is 0 Å². The number of carbonyl (C=O) groups is 1. The fourth-order valence-electron chi connectivity index (χ4n) is 2.61. The molecule has 2 N–H and O–H groups in total. The number of hydrogen-bond donors (Lipinski definition) is 2. The summed E-state index contributed by atoms with van der Waals surface area (Å²) in [5, 5.41) is 8.02. The summed E-state index contributed by atoms with van der Waals surface area (Å²) in [4.78, 5) is 16.5. The van der Waals surface area contributed by atoms with Crippen LogP contribution in [0.3, 0.4) is 0 Å². The van der Waals surface area contributed by atoms with Gasteiger partial charge in [-0.05, 0) is 24.3 Å². The predicted molar refractivity (Wildman–Crippen MR) is 99.3 cm³/mol. The molecule has 0 atom stereocenters. The van der Waals surface area contributed by atoms with Gasteiger partial charge in [-0.15, -0.1) is 0 Å². The van der Waals surface area contributed by atoms with Crippen molar-refractivity contribution < 1.29 is 9.53 Å². The third kappa shape index (κ3) is 3.46. The zero-order chi connectivity index (χ0) is 17.1. The highest BCUT2D eigenvalue weighted by molar-refractivity contribution is 7.22. The Morgan fingerprint density at radius 1 is 1.20 bits per heavy atom. The van der Waals surface area contributed by atoms with Crippen LogP contribution in [-0.2, 0) is 4.79 Å². The lowest BCUT2D eigenvalue weighted by Crippen LogP contribution is -2.28. The molecular formula is C18H16N4O2S. The SMILES string of the molecule is O=C(CNc1nc2ccccc2s1)NN=C1CCOc2ccccc21. The topological polar surface area (TPSA) is 75.6 Å². The number of para-hydroxylation sites is 2. The monoisotopic (exact) mass is 352 g/mol. The van der Waals surface area contributed by atoms with Gasteiger partial charge in [0, 0.05) is 12.0 Å². The van der Waals surface area contributed by atoms with Gasteiger partial charge in [0.1, 0.15) is 5.75 Å². The van der Waals surface area contributed by atoms with Crippen LogP contribution < -0.4 is 15.5 Å². The van der Waals surface area contributed by atoms with Gasteiger partial charge in [-0.3, -0.25) is 4.79 Å². The summed E-state index contributed by atoms with van der Waals surface area (Å²) in [6, 6.07) is 15.6. The van der Waals surface area contributed by atoms with Crippen molar-refractivity contribution in [3.8, 4) is 5.75 Å². The van der Waals surface area contributed by atoms with Crippen molar-refractivity contribution in [3.05, 3.63) is 54.1 Å². The molecule has 25 heavy (non-hydrogen) atoms. The Kier molecular flexibility index (Phi) is 4.30. The second kappa shape index (κ2) is 6.90. The molecule has 0 radical (unpaired) electrons. The third-order valence-corrected chi connectivity index (χ3v) is 4.80. The van der Waals surface area contributed by atoms with E-state index >= 15 is 0 Å². The molecule has 1 amide bonds. The lowest BCUT2D eigenvalue weighted by Gasteiger charge is -2.18. The fraction of sp³-hybridized carbons (Fsp3) is 0.167. The van der Waals surface area contributed by atoms with E-state index in [0.29, 0.717) is 13.0 Å². The van der Waals surface area contributed by atoms with Crippen LogP contribution >= 0.6 is 11.3 Å². The number of aromatic nitrogens is 1. The molecule has 0 saturated heterocycles. The molecule has 0 bridgehead atoms. The maximum Gasteiger partial charge on any atom is 0.259 e. The van der Waals surface area contributed by atoms with Gasteiger partial charge in [-0.2, -0.15) is 5.10 Å². The maximum atomic E-state index is 12.1. The van der Waals surface area contributed by atoms with E-state index in [1.54, 1.807) is 0 Å². The Bertz CT molecular complexity index is 918. The highest BCUT2D eigenvalue weighted by atomic mass is 32.1. The molecule has 0 unspecified atom stereocenters. The van der Waals surface area contributed by atoms with Crippen molar-refractivity contribution in [1.29, 1.82) is 0 Å². The lowest BCUT2D eigenvalue weighted by atomic mass is 10.0. The smallest absolute Gasteiger partial charge is 0.259 e. The third-order valence-electron chi connectivity index (χ3n) is 3.80. The predicted octanol–water partition coefficient (Wildman–Crippen LogP) is 3.01. The average molecular weight is 352 g/mol. The van der Waals surface area contributed by atoms with Gasteiger partial charge in [0.05, 0.1) is 29.1 Å². The Hall–Kier alpha value is -2.93. The summed E-state index contributed by atoms with van der Waals surface area (Å²) in [5.41, 5.74) is 5.28. The number of carbonyl (C=O) groups excluding carboxylic acids is 1. The summed E-state index contributed by atoms with van der Waals surface area (Å²) < 4.78 is 6.67. The molecule has 6 nitrogen and oxygen atoms in total. The minimum atomic E-state index is -0.212. The van der Waals surface area contributed by atoms with E-state index < -0.39 is 0 Å². The Labute approximate surface area is 148 Å². The van der Waals surface area contributed by atoms with Gasteiger partial charge in [-0.25, -0.2) is 10.4 Å². The van der Waals surface area contributed by atoms with Gasteiger partial charge < -0.3 is 10.1 Å². The Morgan fingerprint density at radius 2 is 2.04 bits per heavy atom. The van der Waals surface area contributed by atoms with Crippen LogP contribution in [0, 0.1) is 0 Å². The van der Waals surface area contributed by atoms with Crippen LogP contribution in [0.2, 0.25) is 0 Å². The van der Waals surface area contributed by atoms with E-state index in [1.807, 2.05) is 48.5 Å². The van der Waals surface area contributed by atoms with Crippen molar-refractivity contribution >= 4 is 38.3 Å². The molecule has 0 aliphatic carbocycles. The number of fused-ring (bicyclic) bond motifs is 2. The van der Waals surface area contributed by atoms with Gasteiger partial charge in [0.15, 0.2) is 5.13 Å². The number of hydrazone groups is 1. The molecule has 7 heteroatoms. The first-order valence-electron chi connectivity index (χ1n) is 7.96. The van der Waals surface area contributed by atoms with E-state index in [1.165, 1.54) is 11.3 Å². The second-order valence-corrected chi connectivity index (χ2v) is 6.56. The average Bonchev–Trinajstić information content (AvgIpc) is 3.07. The molecule has 4 rings (SSSR count). The summed E-state index contributed by atoms with van der Waals surface area (Å²) in [6.07, 6.45) is 0.669. The molecule has 0 spiro atoms. The molecule has 1 aliphatic rings. The maximum absolute atomic E-state index is 12.1. The number of nitrogens with zero attached hydrogens (tertiary/aromatic N) is 2. The first-order chi connectivity index (χ1) is 12.3. The largest absolute Gasteiger partial charge is 0.492 e. The zero-order valence-corrected chi connectivity index (χ0v) is 14.2. The summed E-state index contributed by atoms with van der Waals surface area (Å²) in [7, 11) is 0. The number of benzene rings is 2. The first-order valence-corrected chi connectivity index (χ1v) is 8.78. The molecule has 1 aromatic heterocycles. The van der Waals surface area contributed by atoms with Crippen LogP contribution in [0.25, 0.3) is 10.2 Å². The molecule has 2 aromatic carbocycles. The minimum absolute atomic E-state index is 0.120. The number of thiazole rings is 1. The number of rotatable bonds is 4. The quantitative estimate of drug-likeness (QED) is 0.708. The molecule has 2 heterocycles. The zero-order valence-electron chi connectivity index (χ0n) is 13.4. The summed E-state index contributed by atoms with van der Waals surface area (Å²) >= 11 is 1.52. The van der Waals surface area contributed by atoms with Crippen LogP contribution in [0.4, 0.5) is 5.13 Å². The van der Waals surface area contributed by atoms with Gasteiger partial charge in [0.25, 0.3) is 5.91 Å². The summed E-state index contributed by atoms with van der Waals surface area (Å²) in [5.74, 6) is 0.588. The lowest BCUT2D eigenvalue weighted by molar-refractivity contribution is -0.119. The highest BCUT2D eigenvalue weighted by Crippen LogP contribution is 2.25. The Morgan fingerprint density at radius 3 is 2.96 bits per heavy atom. The number of anilines is 1. The van der Waals surface area contributed by atoms with Crippen molar-refractivity contribution in [2.24, 2.45) is 5.10 Å². The van der Waals surface area contributed by atoms with Crippen LogP contribution in [-0.4, -0.2) is 29.8 Å².